The second-order valence-corrected chi connectivity index (χ2v) is 6.60. The van der Waals surface area contributed by atoms with Gasteiger partial charge in [-0.1, -0.05) is 11.6 Å². The number of nitrogen functional groups attached to an aromatic ring is 1. The highest BCUT2D eigenvalue weighted by atomic mass is 35.5. The smallest absolute Gasteiger partial charge is 0.265 e. The first-order chi connectivity index (χ1) is 9.54. The molecule has 0 aliphatic heterocycles. The lowest BCUT2D eigenvalue weighted by atomic mass is 10.1. The Labute approximate surface area is 126 Å². The first kappa shape index (κ1) is 13.5. The number of hydrogen-bond donors (Lipinski definition) is 2. The van der Waals surface area contributed by atoms with E-state index in [2.05, 4.69) is 5.32 Å². The van der Waals surface area contributed by atoms with Crippen LogP contribution in [-0.4, -0.2) is 5.91 Å². The van der Waals surface area contributed by atoms with Crippen LogP contribution in [0.1, 0.15) is 32.1 Å². The topological polar surface area (TPSA) is 55.1 Å². The normalized spacial score (nSPS) is 13.3. The largest absolute Gasteiger partial charge is 0.398 e. The number of benzene rings is 1. The van der Waals surface area contributed by atoms with Crippen molar-refractivity contribution in [3.05, 3.63) is 44.1 Å². The molecule has 0 spiro atoms. The molecule has 1 heterocycles. The molecule has 0 atom stereocenters. The number of nitrogens with one attached hydrogen (secondary N) is 1. The fraction of sp³-hybridized carbons (Fsp3) is 0.267. The van der Waals surface area contributed by atoms with Crippen LogP contribution >= 0.6 is 22.9 Å². The maximum absolute atomic E-state index is 12.3. The van der Waals surface area contributed by atoms with Gasteiger partial charge in [-0.2, -0.15) is 0 Å². The number of nitrogens with two attached hydrogens (primary N) is 1. The van der Waals surface area contributed by atoms with Gasteiger partial charge in [0, 0.05) is 10.6 Å². The van der Waals surface area contributed by atoms with Crippen molar-refractivity contribution in [3.63, 3.8) is 0 Å². The van der Waals surface area contributed by atoms with Crippen molar-refractivity contribution >= 4 is 40.2 Å². The third-order valence-electron chi connectivity index (χ3n) is 3.56. The van der Waals surface area contributed by atoms with Gasteiger partial charge in [0.2, 0.25) is 0 Å². The lowest BCUT2D eigenvalue weighted by Gasteiger charge is -2.09. The fourth-order valence-corrected chi connectivity index (χ4v) is 3.78. The van der Waals surface area contributed by atoms with Gasteiger partial charge in [-0.25, -0.2) is 0 Å². The molecule has 3 N–H and O–H groups in total. The van der Waals surface area contributed by atoms with Crippen LogP contribution in [0.15, 0.2) is 18.2 Å². The first-order valence-corrected chi connectivity index (χ1v) is 7.72. The summed E-state index contributed by atoms with van der Waals surface area (Å²) >= 11 is 7.60. The molecule has 0 saturated carbocycles. The molecule has 104 valence electrons. The molecule has 1 aliphatic carbocycles. The zero-order chi connectivity index (χ0) is 14.3. The highest BCUT2D eigenvalue weighted by Crippen LogP contribution is 2.32. The molecular formula is C15H15ClN2OS. The van der Waals surface area contributed by atoms with E-state index in [1.165, 1.54) is 16.9 Å². The zero-order valence-corrected chi connectivity index (χ0v) is 12.7. The van der Waals surface area contributed by atoms with Crippen LogP contribution in [0.5, 0.6) is 0 Å². The van der Waals surface area contributed by atoms with Gasteiger partial charge in [-0.05, 0) is 55.5 Å². The SMILES string of the molecule is Cc1cc(N)c(Cl)cc1NC(=O)c1cc2c(s1)CCC2. The lowest BCUT2D eigenvalue weighted by Crippen LogP contribution is -2.11. The summed E-state index contributed by atoms with van der Waals surface area (Å²) in [4.78, 5) is 14.4. The molecule has 1 amide bonds. The van der Waals surface area contributed by atoms with E-state index >= 15 is 0 Å². The van der Waals surface area contributed by atoms with Gasteiger partial charge in [-0.3, -0.25) is 4.79 Å². The molecule has 0 radical (unpaired) electrons. The number of anilines is 2. The van der Waals surface area contributed by atoms with E-state index in [9.17, 15) is 4.79 Å². The molecule has 2 aromatic rings. The highest BCUT2D eigenvalue weighted by molar-refractivity contribution is 7.14. The van der Waals surface area contributed by atoms with Crippen LogP contribution in [0, 0.1) is 6.92 Å². The van der Waals surface area contributed by atoms with Gasteiger partial charge in [0.1, 0.15) is 0 Å². The Kier molecular flexibility index (Phi) is 3.44. The number of rotatable bonds is 2. The van der Waals surface area contributed by atoms with Crippen molar-refractivity contribution in [1.29, 1.82) is 0 Å². The number of aryl methyl sites for hydroxylation is 3. The number of halogens is 1. The molecule has 0 saturated heterocycles. The number of fused-ring (bicyclic) bond motifs is 1. The van der Waals surface area contributed by atoms with Gasteiger partial charge in [-0.15, -0.1) is 11.3 Å². The third kappa shape index (κ3) is 2.41. The summed E-state index contributed by atoms with van der Waals surface area (Å²) in [7, 11) is 0. The maximum atomic E-state index is 12.3. The van der Waals surface area contributed by atoms with Crippen molar-refractivity contribution in [3.8, 4) is 0 Å². The van der Waals surface area contributed by atoms with Crippen LogP contribution in [0.2, 0.25) is 5.02 Å². The van der Waals surface area contributed by atoms with Gasteiger partial charge in [0.15, 0.2) is 0 Å². The monoisotopic (exact) mass is 306 g/mol. The highest BCUT2D eigenvalue weighted by Gasteiger charge is 2.19. The Hall–Kier alpha value is -1.52. The van der Waals surface area contributed by atoms with Crippen molar-refractivity contribution < 1.29 is 4.79 Å². The Morgan fingerprint density at radius 1 is 1.35 bits per heavy atom. The number of carbonyl (C=O) groups is 1. The summed E-state index contributed by atoms with van der Waals surface area (Å²) in [6.45, 7) is 1.90. The summed E-state index contributed by atoms with van der Waals surface area (Å²) in [6, 6.07) is 5.48. The average Bonchev–Trinajstić information content (AvgIpc) is 2.96. The summed E-state index contributed by atoms with van der Waals surface area (Å²) in [6.07, 6.45) is 3.39. The Morgan fingerprint density at radius 3 is 2.90 bits per heavy atom. The second kappa shape index (κ2) is 5.11. The molecule has 1 aromatic heterocycles. The van der Waals surface area contributed by atoms with Gasteiger partial charge >= 0.3 is 0 Å². The summed E-state index contributed by atoms with van der Waals surface area (Å²) in [5, 5.41) is 3.37. The molecule has 3 nitrogen and oxygen atoms in total. The van der Waals surface area contributed by atoms with Crippen molar-refractivity contribution in [2.45, 2.75) is 26.2 Å². The Balaban J connectivity index is 1.83. The zero-order valence-electron chi connectivity index (χ0n) is 11.1. The van der Waals surface area contributed by atoms with E-state index in [0.717, 1.165) is 23.3 Å². The van der Waals surface area contributed by atoms with E-state index in [0.29, 0.717) is 16.4 Å². The van der Waals surface area contributed by atoms with E-state index in [-0.39, 0.29) is 5.91 Å². The molecule has 0 unspecified atom stereocenters. The molecule has 3 rings (SSSR count). The van der Waals surface area contributed by atoms with Crippen LogP contribution < -0.4 is 11.1 Å². The lowest BCUT2D eigenvalue weighted by molar-refractivity contribution is 0.103. The van der Waals surface area contributed by atoms with Gasteiger partial charge < -0.3 is 11.1 Å². The molecule has 0 fully saturated rings. The summed E-state index contributed by atoms with van der Waals surface area (Å²) in [5.41, 5.74) is 9.21. The maximum Gasteiger partial charge on any atom is 0.265 e. The predicted molar refractivity (Wildman–Crippen MR) is 84.9 cm³/mol. The second-order valence-electron chi connectivity index (χ2n) is 5.06. The molecule has 0 bridgehead atoms. The van der Waals surface area contributed by atoms with E-state index < -0.39 is 0 Å². The minimum absolute atomic E-state index is 0.0756. The Morgan fingerprint density at radius 2 is 2.15 bits per heavy atom. The molecular weight excluding hydrogens is 292 g/mol. The molecule has 1 aliphatic rings. The minimum Gasteiger partial charge on any atom is -0.398 e. The van der Waals surface area contributed by atoms with Crippen LogP contribution in [0.25, 0.3) is 0 Å². The van der Waals surface area contributed by atoms with Crippen LogP contribution in [-0.2, 0) is 12.8 Å². The number of amides is 1. The van der Waals surface area contributed by atoms with Crippen molar-refractivity contribution in [1.82, 2.24) is 0 Å². The molecule has 1 aromatic carbocycles. The number of hydrogen-bond acceptors (Lipinski definition) is 3. The molecule has 5 heteroatoms. The number of thiophene rings is 1. The standard InChI is InChI=1S/C15H15ClN2OS/c1-8-5-11(17)10(16)7-12(8)18-15(19)14-6-9-3-2-4-13(9)20-14/h5-7H,2-4,17H2,1H3,(H,18,19). The average molecular weight is 307 g/mol. The minimum atomic E-state index is -0.0756. The predicted octanol–water partition coefficient (Wildman–Crippen LogP) is 4.03. The van der Waals surface area contributed by atoms with Gasteiger partial charge in [0.25, 0.3) is 5.91 Å². The number of carbonyl (C=O) groups excluding carboxylic acids is 1. The van der Waals surface area contributed by atoms with Crippen LogP contribution in [0.3, 0.4) is 0 Å². The molecule has 20 heavy (non-hydrogen) atoms. The van der Waals surface area contributed by atoms with E-state index in [1.807, 2.05) is 13.0 Å². The van der Waals surface area contributed by atoms with Crippen molar-refractivity contribution in [2.75, 3.05) is 11.1 Å². The van der Waals surface area contributed by atoms with Crippen LogP contribution in [0.4, 0.5) is 11.4 Å². The van der Waals surface area contributed by atoms with E-state index in [1.54, 1.807) is 23.5 Å². The third-order valence-corrected chi connectivity index (χ3v) is 5.13. The Bertz CT molecular complexity index is 672. The summed E-state index contributed by atoms with van der Waals surface area (Å²) < 4.78 is 0. The first-order valence-electron chi connectivity index (χ1n) is 6.53. The van der Waals surface area contributed by atoms with Gasteiger partial charge in [0.05, 0.1) is 15.6 Å². The van der Waals surface area contributed by atoms with Crippen molar-refractivity contribution in [2.24, 2.45) is 0 Å². The van der Waals surface area contributed by atoms with E-state index in [4.69, 9.17) is 17.3 Å². The fourth-order valence-electron chi connectivity index (χ4n) is 2.46. The summed E-state index contributed by atoms with van der Waals surface area (Å²) in [5.74, 6) is -0.0756. The quantitative estimate of drug-likeness (QED) is 0.823.